The summed E-state index contributed by atoms with van der Waals surface area (Å²) in [6.07, 6.45) is -9.55. The van der Waals surface area contributed by atoms with E-state index in [-0.39, 0.29) is 104 Å². The number of aromatic amines is 1. The minimum atomic E-state index is -1.98. The number of nitrogens with one attached hydrogen (secondary N) is 12. The summed E-state index contributed by atoms with van der Waals surface area (Å²) in [7, 11) is 1.71. The first-order valence-corrected chi connectivity index (χ1v) is 48.0. The second-order valence-electron chi connectivity index (χ2n) is 35.7. The lowest BCUT2D eigenvalue weighted by Gasteiger charge is -2.38. The molecule has 5 aromatic rings. The van der Waals surface area contributed by atoms with Crippen molar-refractivity contribution in [3.05, 3.63) is 114 Å². The van der Waals surface area contributed by atoms with Crippen molar-refractivity contribution >= 4 is 157 Å². The van der Waals surface area contributed by atoms with Crippen molar-refractivity contribution in [2.45, 2.75) is 241 Å². The van der Waals surface area contributed by atoms with E-state index in [1.807, 2.05) is 6.07 Å². The molecule has 0 spiro atoms. The van der Waals surface area contributed by atoms with Gasteiger partial charge in [-0.25, -0.2) is 0 Å². The highest BCUT2D eigenvalue weighted by atomic mass is 32.2. The molecule has 0 saturated carbocycles. The molecule has 2 aliphatic heterocycles. The number of ether oxygens (including phenoxy) is 2. The summed E-state index contributed by atoms with van der Waals surface area (Å²) in [4.78, 5) is 288. The minimum Gasteiger partial charge on any atom is -0.492 e. The molecule has 43 nitrogen and oxygen atoms in total. The van der Waals surface area contributed by atoms with Crippen molar-refractivity contribution < 1.29 is 117 Å². The van der Waals surface area contributed by atoms with Gasteiger partial charge >= 0.3 is 5.97 Å². The lowest BCUT2D eigenvalue weighted by atomic mass is 9.79. The first-order valence-electron chi connectivity index (χ1n) is 46.8. The minimum absolute atomic E-state index is 0. The van der Waals surface area contributed by atoms with E-state index in [0.29, 0.717) is 64.5 Å². The van der Waals surface area contributed by atoms with E-state index in [1.165, 1.54) is 0 Å². The zero-order valence-corrected chi connectivity index (χ0v) is 79.8. The number of hydrogen-bond donors (Lipinski definition) is 21. The highest BCUT2D eigenvalue weighted by molar-refractivity contribution is 7.99. The standard InChI is InChI=1S/C96H133N19O24S.H2/c1-53(116)86-95(137)113-74(43-63-51-106-67-15-7-6-14-66(63)67)94(136)108-68(27-29-82(101)124)76(119)47-64(52-140-39-31-69(75(118)44-59(89(131)114-86)23-28-81(100)123)109-93(135)71(107-54(2)117)17-8-9-18-80(98)99)91(133)111-72(42-55-20-25-65(26-21-55)139-38-34-97)77(120)45-61(41-56-19-22-57-12-4-5-13-58(57)40-56)92(134)115-96(32-36-138-37-33-96)79(122)48-60(24-30-85(127)128)88(130)112-73(50-84(103)126)78(121)46-62(49-83(102)125)90(132)110-70(87(104)129)16-10-11-35-105-3;/h4-7,12-15,19-22,25-26,40,51,53,59-62,64,68-74,86,105-106,116H,8-11,16-18,23-24,27-39,41-50,52,97H2,1-3H3,(H3,98,99)(H2,100,123)(H2,101,124)(H2,102,125)(H2,103,126)(H2,104,129)(H,107,117)(H,108,136)(H,109,135)(H,110,132)(H,111,133)(H,112,130)(H,113,137)(H,114,131)(H,115,134)(H,127,128);1H/i;1+1. The average Bonchev–Trinajstić information content (AvgIpc) is 1.26. The predicted molar refractivity (Wildman–Crippen MR) is 516 cm³/mol. The van der Waals surface area contributed by atoms with Crippen LogP contribution >= 0.6 is 11.8 Å². The van der Waals surface area contributed by atoms with Gasteiger partial charge in [0.05, 0.1) is 54.4 Å². The number of fused-ring (bicyclic) bond motifs is 2. The summed E-state index contributed by atoms with van der Waals surface area (Å²) in [6, 6.07) is 12.6. The molecule has 14 atom stereocenters. The number of rotatable bonds is 54. The van der Waals surface area contributed by atoms with Crippen LogP contribution in [-0.2, 0) is 120 Å². The Kier molecular flexibility index (Phi) is 46.4. The second-order valence-corrected chi connectivity index (χ2v) is 36.8. The van der Waals surface area contributed by atoms with Gasteiger partial charge in [-0.05, 0) is 143 Å². The molecule has 2 saturated heterocycles. The molecular weight excluding hydrogens is 1840 g/mol. The molecule has 140 heavy (non-hydrogen) atoms. The Morgan fingerprint density at radius 2 is 1.23 bits per heavy atom. The van der Waals surface area contributed by atoms with E-state index in [1.54, 1.807) is 98.2 Å². The number of H-pyrrole nitrogens is 1. The number of aliphatic carboxylic acids is 1. The second kappa shape index (κ2) is 57.2. The maximum absolute atomic E-state index is 16.1. The summed E-state index contributed by atoms with van der Waals surface area (Å²) in [5.74, 6) is -28.2. The first-order chi connectivity index (χ1) is 66.5. The van der Waals surface area contributed by atoms with Crippen LogP contribution < -0.4 is 98.0 Å². The van der Waals surface area contributed by atoms with Crippen LogP contribution in [0.2, 0.25) is 0 Å². The van der Waals surface area contributed by atoms with Gasteiger partial charge in [-0.3, -0.25) is 101 Å². The number of benzene rings is 4. The Morgan fingerprint density at radius 3 is 1.88 bits per heavy atom. The smallest absolute Gasteiger partial charge is 0.303 e. The summed E-state index contributed by atoms with van der Waals surface area (Å²) >= 11 is 0.949. The van der Waals surface area contributed by atoms with E-state index >= 15 is 33.6 Å². The van der Waals surface area contributed by atoms with Gasteiger partial charge < -0.3 is 118 Å². The molecule has 0 radical (unpaired) electrons. The summed E-state index contributed by atoms with van der Waals surface area (Å²) in [5, 5.41) is 57.8. The van der Waals surface area contributed by atoms with Crippen LogP contribution in [0.25, 0.3) is 21.7 Å². The number of thioether (sulfide) groups is 1. The number of aliphatic hydroxyl groups is 1. The molecule has 3 heterocycles. The number of ketones is 5. The third-order valence-electron chi connectivity index (χ3n) is 24.5. The highest BCUT2D eigenvalue weighted by Crippen LogP contribution is 2.32. The molecule has 1 aromatic heterocycles. The zero-order chi connectivity index (χ0) is 103. The number of aliphatic hydroxyl groups excluding tert-OH is 1. The largest absolute Gasteiger partial charge is 0.492 e. The lowest BCUT2D eigenvalue weighted by molar-refractivity contribution is -0.142. The van der Waals surface area contributed by atoms with Gasteiger partial charge in [-0.1, -0.05) is 79.2 Å². The quantitative estimate of drug-likeness (QED) is 0.0131. The van der Waals surface area contributed by atoms with E-state index in [9.17, 15) is 72.5 Å². The van der Waals surface area contributed by atoms with Gasteiger partial charge in [0.1, 0.15) is 42.1 Å². The van der Waals surface area contributed by atoms with Crippen molar-refractivity contribution in [3.63, 3.8) is 0 Å². The van der Waals surface area contributed by atoms with Crippen molar-refractivity contribution in [1.82, 2.24) is 58.2 Å². The van der Waals surface area contributed by atoms with Gasteiger partial charge in [0.25, 0.3) is 0 Å². The number of hydrogen-bond acceptors (Lipinski definition) is 27. The number of carbonyl (C=O) groups excluding carboxylic acids is 19. The normalized spacial score (nSPS) is 19.0. The van der Waals surface area contributed by atoms with Crippen molar-refractivity contribution in [1.29, 1.82) is 5.41 Å². The summed E-state index contributed by atoms with van der Waals surface area (Å²) in [5.41, 5.74) is 39.4. The van der Waals surface area contributed by atoms with Gasteiger partial charge in [-0.15, -0.1) is 0 Å². The molecule has 0 aliphatic carbocycles. The number of Topliss-reactive ketones (excluding diaryl/α,β-unsaturated/α-hetero) is 5. The predicted octanol–water partition coefficient (Wildman–Crippen LogP) is -0.591. The number of carbonyl (C=O) groups is 20. The van der Waals surface area contributed by atoms with Gasteiger partial charge in [-0.2, -0.15) is 11.8 Å². The van der Waals surface area contributed by atoms with Crippen molar-refractivity contribution in [2.75, 3.05) is 51.5 Å². The number of amidine groups is 1. The molecule has 44 heteroatoms. The molecule has 2 fully saturated rings. The van der Waals surface area contributed by atoms with Crippen LogP contribution in [0.4, 0.5) is 0 Å². The number of primary amides is 5. The monoisotopic (exact) mass is 1970 g/mol. The fraction of sp³-hybridized carbons (Fsp3) is 0.531. The molecule has 28 N–H and O–H groups in total. The molecule has 7 rings (SSSR count). The number of para-hydroxylation sites is 1. The third-order valence-corrected chi connectivity index (χ3v) is 25.7. The molecule has 0 bridgehead atoms. The van der Waals surface area contributed by atoms with Gasteiger partial charge in [0.15, 0.2) is 28.9 Å². The van der Waals surface area contributed by atoms with E-state index in [4.69, 9.17) is 55.0 Å². The van der Waals surface area contributed by atoms with Crippen LogP contribution in [-0.4, -0.2) is 250 Å². The van der Waals surface area contributed by atoms with Gasteiger partial charge in [0, 0.05) is 152 Å². The molecule has 2 aliphatic rings. The SMILES string of the molecule is CNCCCCC(NC(=O)C(CC(N)=O)CC(=O)C(CC(N)=O)NC(=O)C(CCC(=O)O)CC(=O)C1(NC(=O)C(CC(=O)C(Cc2ccc(OCCN)cc2)NC(=O)C2CSCCC(NC(=O)C(CCCCC(=N)N)NC(C)=O)C(=O)CC(CCC(N)=O)C(=O)NC(C(C)O)C(=O)NC(Cc3c[nH]c4ccccc34)C(=O)NC(CCC(N)=O)C(=O)C2)Cc2ccc3ccccc3c2)CCOCC1)C(N)=O.[2HH]. The van der Waals surface area contributed by atoms with Crippen molar-refractivity contribution in [3.8, 4) is 5.75 Å². The molecule has 14 unspecified atom stereocenters. The number of amides is 14. The van der Waals surface area contributed by atoms with Crippen LogP contribution in [0.1, 0.15) is 180 Å². The Morgan fingerprint density at radius 1 is 0.600 bits per heavy atom. The fourth-order valence-corrected chi connectivity index (χ4v) is 17.9. The number of carboxylic acids is 1. The maximum Gasteiger partial charge on any atom is 0.303 e. The average molecular weight is 1970 g/mol. The maximum atomic E-state index is 16.1. The topological polar surface area (TPSA) is 742 Å². The van der Waals surface area contributed by atoms with Crippen LogP contribution in [0.5, 0.6) is 5.75 Å². The number of nitrogens with two attached hydrogens (primary N) is 7. The van der Waals surface area contributed by atoms with E-state index in [2.05, 4.69) is 58.2 Å². The summed E-state index contributed by atoms with van der Waals surface area (Å²) in [6.45, 7) is 2.68. The van der Waals surface area contributed by atoms with Crippen LogP contribution in [0, 0.1) is 35.0 Å². The Bertz CT molecular complexity index is 5250. The Hall–Kier alpha value is -13.5. The lowest BCUT2D eigenvalue weighted by Crippen LogP contribution is -2.59. The van der Waals surface area contributed by atoms with Crippen molar-refractivity contribution in [2.24, 2.45) is 69.7 Å². The number of carboxylic acid groups (broad SMARTS) is 1. The molecule has 764 valence electrons. The van der Waals surface area contributed by atoms with E-state index in [0.717, 1.165) is 31.0 Å². The molecule has 14 amide bonds. The highest BCUT2D eigenvalue weighted by Gasteiger charge is 2.46. The number of aromatic nitrogens is 1. The van der Waals surface area contributed by atoms with Crippen LogP contribution in [0.3, 0.4) is 0 Å². The third kappa shape index (κ3) is 37.7. The zero-order valence-electron chi connectivity index (χ0n) is 79.0. The summed E-state index contributed by atoms with van der Waals surface area (Å²) < 4.78 is 11.5. The molecule has 4 aromatic carbocycles. The number of unbranched alkanes of at least 4 members (excludes halogenated alkanes) is 2. The first kappa shape index (κ1) is 114. The Labute approximate surface area is 815 Å². The fourth-order valence-electron chi connectivity index (χ4n) is 16.8. The van der Waals surface area contributed by atoms with Crippen LogP contribution in [0.15, 0.2) is 97.2 Å². The Balaban J connectivity index is 0.0000305. The molecular formula is C96H135N19O24S. The van der Waals surface area contributed by atoms with Gasteiger partial charge in [0.2, 0.25) is 82.7 Å². The van der Waals surface area contributed by atoms with E-state index < -0.39 is 296 Å².